The molecule has 1 nitrogen and oxygen atoms in total. The molecule has 0 aliphatic carbocycles. The molecule has 0 radical (unpaired) electrons. The van der Waals surface area contributed by atoms with Crippen LogP contribution >= 0.6 is 0 Å². The Kier molecular flexibility index (Phi) is 11.0. The van der Waals surface area contributed by atoms with Gasteiger partial charge in [0.25, 0.3) is 0 Å². The molecule has 3 heteroatoms. The predicted octanol–water partition coefficient (Wildman–Crippen LogP) is 13.3. The van der Waals surface area contributed by atoms with Crippen molar-refractivity contribution in [2.75, 3.05) is 4.90 Å². The summed E-state index contributed by atoms with van der Waals surface area (Å²) in [5.74, 6) is -0.229. The van der Waals surface area contributed by atoms with Crippen molar-refractivity contribution in [3.63, 3.8) is 0 Å². The van der Waals surface area contributed by atoms with E-state index in [1.165, 1.54) is 44.0 Å². The Balaban J connectivity index is 0.997. The molecule has 0 bridgehead atoms. The van der Waals surface area contributed by atoms with E-state index < -0.39 is 8.07 Å². The van der Waals surface area contributed by atoms with Gasteiger partial charge in [-0.1, -0.05) is 218 Å². The first-order chi connectivity index (χ1) is 31.1. The maximum atomic E-state index is 13.6. The molecule has 300 valence electrons. The molecular formula is C60H44FNSi. The SMILES string of the molecule is Fc1ccc(-c2ccc(-c3ccc(N(c4ccc(-c5ccc([Si](c6ccccc6)(c6ccccc6)c6ccccc6)cc5)cc4)c4cccc(-c5ccccc5)c4)cc3)cc2)cc1. The molecule has 0 aliphatic rings. The van der Waals surface area contributed by atoms with Crippen molar-refractivity contribution in [2.45, 2.75) is 0 Å². The van der Waals surface area contributed by atoms with Crippen LogP contribution in [0.15, 0.2) is 267 Å². The summed E-state index contributed by atoms with van der Waals surface area (Å²) in [6.07, 6.45) is 0. The van der Waals surface area contributed by atoms with Gasteiger partial charge in [0.1, 0.15) is 5.82 Å². The van der Waals surface area contributed by atoms with Gasteiger partial charge in [-0.15, -0.1) is 0 Å². The molecule has 0 saturated heterocycles. The quantitative estimate of drug-likeness (QED) is 0.0928. The van der Waals surface area contributed by atoms with E-state index in [0.29, 0.717) is 0 Å². The third-order valence-corrected chi connectivity index (χ3v) is 16.9. The van der Waals surface area contributed by atoms with Crippen LogP contribution in [0.1, 0.15) is 0 Å². The molecule has 0 saturated carbocycles. The summed E-state index contributed by atoms with van der Waals surface area (Å²) in [5.41, 5.74) is 12.2. The topological polar surface area (TPSA) is 3.24 Å². The minimum Gasteiger partial charge on any atom is -0.310 e. The van der Waals surface area contributed by atoms with Gasteiger partial charge in [-0.25, -0.2) is 4.39 Å². The fraction of sp³-hybridized carbons (Fsp3) is 0. The third-order valence-electron chi connectivity index (χ3n) is 12.1. The van der Waals surface area contributed by atoms with Crippen LogP contribution in [0.2, 0.25) is 0 Å². The minimum atomic E-state index is -2.61. The summed E-state index contributed by atoms with van der Waals surface area (Å²) < 4.78 is 13.6. The van der Waals surface area contributed by atoms with Crippen LogP contribution in [0.4, 0.5) is 21.5 Å². The van der Waals surface area contributed by atoms with E-state index in [0.717, 1.165) is 50.4 Å². The molecule has 10 aromatic rings. The summed E-state index contributed by atoms with van der Waals surface area (Å²) in [6.45, 7) is 0. The first-order valence-corrected chi connectivity index (χ1v) is 23.4. The number of benzene rings is 10. The number of halogens is 1. The standard InChI is InChI=1S/C60H44FNSi/c61-53-36-28-48(29-37-53)46-24-26-47(27-25-46)49-30-38-54(39-31-49)62(56-17-13-16-52(44-56)45-14-5-1-6-15-45)55-40-32-50(33-41-55)51-34-42-60(43-35-51)63(57-18-7-2-8-19-57,58-20-9-3-10-21-58)59-22-11-4-12-23-59/h1-44H. The molecular weight excluding hydrogens is 782 g/mol. The molecule has 0 spiro atoms. The van der Waals surface area contributed by atoms with Crippen LogP contribution in [0.5, 0.6) is 0 Å². The van der Waals surface area contributed by atoms with Gasteiger partial charge in [0.05, 0.1) is 0 Å². The second kappa shape index (κ2) is 17.6. The highest BCUT2D eigenvalue weighted by atomic mass is 28.3. The predicted molar refractivity (Wildman–Crippen MR) is 266 cm³/mol. The van der Waals surface area contributed by atoms with Gasteiger partial charge in [-0.05, 0) is 114 Å². The van der Waals surface area contributed by atoms with E-state index >= 15 is 0 Å². The smallest absolute Gasteiger partial charge is 0.179 e. The maximum Gasteiger partial charge on any atom is 0.179 e. The van der Waals surface area contributed by atoms with E-state index in [4.69, 9.17) is 0 Å². The van der Waals surface area contributed by atoms with Gasteiger partial charge < -0.3 is 4.90 Å². The summed E-state index contributed by atoms with van der Waals surface area (Å²) in [4.78, 5) is 2.33. The average Bonchev–Trinajstić information content (AvgIpc) is 3.37. The van der Waals surface area contributed by atoms with Crippen molar-refractivity contribution in [1.29, 1.82) is 0 Å². The van der Waals surface area contributed by atoms with Crippen molar-refractivity contribution >= 4 is 45.9 Å². The molecule has 0 atom stereocenters. The molecule has 0 aromatic heterocycles. The zero-order valence-electron chi connectivity index (χ0n) is 34.7. The summed E-state index contributed by atoms with van der Waals surface area (Å²) in [5, 5.41) is 5.44. The van der Waals surface area contributed by atoms with E-state index in [2.05, 4.69) is 248 Å². The molecule has 0 fully saturated rings. The van der Waals surface area contributed by atoms with Crippen LogP contribution in [0.25, 0.3) is 44.5 Å². The van der Waals surface area contributed by atoms with Gasteiger partial charge in [0.2, 0.25) is 0 Å². The maximum absolute atomic E-state index is 13.6. The number of anilines is 3. The second-order valence-electron chi connectivity index (χ2n) is 15.9. The highest BCUT2D eigenvalue weighted by Crippen LogP contribution is 2.38. The fourth-order valence-corrected chi connectivity index (χ4v) is 13.7. The normalized spacial score (nSPS) is 11.3. The van der Waals surface area contributed by atoms with E-state index in [9.17, 15) is 4.39 Å². The minimum absolute atomic E-state index is 0.229. The summed E-state index contributed by atoms with van der Waals surface area (Å²) >= 11 is 0. The van der Waals surface area contributed by atoms with Gasteiger partial charge in [0, 0.05) is 17.1 Å². The Bertz CT molecular complexity index is 2950. The Morgan fingerprint density at radius 3 is 0.952 bits per heavy atom. The highest BCUT2D eigenvalue weighted by Gasteiger charge is 2.41. The van der Waals surface area contributed by atoms with Crippen LogP contribution in [0, 0.1) is 5.82 Å². The second-order valence-corrected chi connectivity index (χ2v) is 19.7. The summed E-state index contributed by atoms with van der Waals surface area (Å²) in [7, 11) is -2.61. The molecule has 0 N–H and O–H groups in total. The molecule has 63 heavy (non-hydrogen) atoms. The molecule has 0 aliphatic heterocycles. The Morgan fingerprint density at radius 2 is 0.540 bits per heavy atom. The van der Waals surface area contributed by atoms with Gasteiger partial charge in [0.15, 0.2) is 8.07 Å². The molecule has 0 unspecified atom stereocenters. The number of rotatable bonds is 11. The Hall–Kier alpha value is -7.85. The lowest BCUT2D eigenvalue weighted by molar-refractivity contribution is 0.628. The Morgan fingerprint density at radius 1 is 0.238 bits per heavy atom. The van der Waals surface area contributed by atoms with Crippen LogP contribution in [0.3, 0.4) is 0 Å². The van der Waals surface area contributed by atoms with Gasteiger partial charge in [-0.2, -0.15) is 0 Å². The van der Waals surface area contributed by atoms with Crippen LogP contribution in [-0.4, -0.2) is 8.07 Å². The zero-order chi connectivity index (χ0) is 42.4. The lowest BCUT2D eigenvalue weighted by atomic mass is 9.99. The lowest BCUT2D eigenvalue weighted by Gasteiger charge is -2.34. The number of hydrogen-bond acceptors (Lipinski definition) is 1. The van der Waals surface area contributed by atoms with E-state index in [1.807, 2.05) is 12.1 Å². The van der Waals surface area contributed by atoms with Gasteiger partial charge in [-0.3, -0.25) is 0 Å². The first kappa shape index (κ1) is 39.3. The monoisotopic (exact) mass is 825 g/mol. The van der Waals surface area contributed by atoms with Crippen molar-refractivity contribution in [2.24, 2.45) is 0 Å². The van der Waals surface area contributed by atoms with Crippen LogP contribution in [-0.2, 0) is 0 Å². The molecule has 10 rings (SSSR count). The fourth-order valence-electron chi connectivity index (χ4n) is 8.98. The van der Waals surface area contributed by atoms with Crippen LogP contribution < -0.4 is 25.6 Å². The zero-order valence-corrected chi connectivity index (χ0v) is 35.7. The van der Waals surface area contributed by atoms with E-state index in [1.54, 1.807) is 0 Å². The average molecular weight is 826 g/mol. The summed E-state index contributed by atoms with van der Waals surface area (Å²) in [6, 6.07) is 94.7. The lowest BCUT2D eigenvalue weighted by Crippen LogP contribution is -2.74. The molecule has 0 heterocycles. The molecule has 0 amide bonds. The number of hydrogen-bond donors (Lipinski definition) is 0. The number of nitrogens with zero attached hydrogens (tertiary/aromatic N) is 1. The highest BCUT2D eigenvalue weighted by molar-refractivity contribution is 7.19. The largest absolute Gasteiger partial charge is 0.310 e. The van der Waals surface area contributed by atoms with Crippen molar-refractivity contribution in [1.82, 2.24) is 0 Å². The third kappa shape index (κ3) is 7.94. The van der Waals surface area contributed by atoms with Gasteiger partial charge >= 0.3 is 0 Å². The first-order valence-electron chi connectivity index (χ1n) is 21.4. The van der Waals surface area contributed by atoms with Crippen molar-refractivity contribution in [3.05, 3.63) is 273 Å². The molecule has 10 aromatic carbocycles. The van der Waals surface area contributed by atoms with Crippen molar-refractivity contribution in [3.8, 4) is 44.5 Å². The van der Waals surface area contributed by atoms with Crippen molar-refractivity contribution < 1.29 is 4.39 Å². The Labute approximate surface area is 370 Å². The van der Waals surface area contributed by atoms with E-state index in [-0.39, 0.29) is 5.82 Å².